The number of hydrogen-bond acceptors (Lipinski definition) is 9. The highest BCUT2D eigenvalue weighted by molar-refractivity contribution is 6.30. The SMILES string of the molecule is C[C@@H]1C[C@@H](O)c2ncnc(N3CCN(C(=O)[C@H](CNCCCCCCCCCCc4cccc5c4CN(C4CCC(=O)NC4=O)C5=O)c4ccc(Cl)cc4)CC3)c21.Cl.Cl.Cl. The molecule has 16 heteroatoms. The Hall–Kier alpha value is -3.52. The van der Waals surface area contributed by atoms with E-state index < -0.39 is 12.1 Å². The van der Waals surface area contributed by atoms with Crippen LogP contribution in [0.15, 0.2) is 48.8 Å². The second-order valence-corrected chi connectivity index (χ2v) is 16.6. The number of carbonyl (C=O) groups excluding carboxylic acids is 4. The molecular weight excluding hydrogens is 848 g/mol. The molecule has 4 atom stereocenters. The van der Waals surface area contributed by atoms with E-state index in [0.717, 1.165) is 66.9 Å². The molecule has 0 spiro atoms. The summed E-state index contributed by atoms with van der Waals surface area (Å²) < 4.78 is 0. The van der Waals surface area contributed by atoms with Gasteiger partial charge in [-0.2, -0.15) is 0 Å². The number of unbranched alkanes of at least 4 members (excludes halogenated alkanes) is 7. The van der Waals surface area contributed by atoms with Crippen LogP contribution in [-0.4, -0.2) is 93.8 Å². The van der Waals surface area contributed by atoms with Crippen LogP contribution in [0.5, 0.6) is 0 Å². The summed E-state index contributed by atoms with van der Waals surface area (Å²) in [5, 5.41) is 17.1. The zero-order valence-electron chi connectivity index (χ0n) is 34.3. The van der Waals surface area contributed by atoms with Crippen molar-refractivity contribution in [2.75, 3.05) is 44.2 Å². The van der Waals surface area contributed by atoms with Crippen molar-refractivity contribution in [1.82, 2.24) is 30.4 Å². The average molecular weight is 908 g/mol. The van der Waals surface area contributed by atoms with Crippen molar-refractivity contribution in [3.63, 3.8) is 0 Å². The van der Waals surface area contributed by atoms with Gasteiger partial charge < -0.3 is 25.1 Å². The standard InChI is InChI=1S/C44H56ClN7O5.3ClH/c1-29-25-37(53)40-39(29)41(48-28-47-40)50-21-23-51(24-22-50)43(56)34(31-14-16-32(45)17-15-31)26-46-20-9-7-5-3-2-4-6-8-11-30-12-10-13-33-35(30)27-52(44(33)57)36-18-19-38(54)49-42(36)55;;;/h10,12-17,28-29,34,36-37,46,53H,2-9,11,18-27H2,1H3,(H,49,54,55);3*1H/t29-,34-,36?,37-;;;/m1.../s1. The number of piperazine rings is 1. The Bertz CT molecular complexity index is 1930. The topological polar surface area (TPSA) is 148 Å². The number of halogens is 4. The molecule has 3 N–H and O–H groups in total. The van der Waals surface area contributed by atoms with E-state index in [2.05, 4.69) is 38.5 Å². The first-order chi connectivity index (χ1) is 27.7. The zero-order chi connectivity index (χ0) is 39.9. The van der Waals surface area contributed by atoms with Crippen molar-refractivity contribution in [3.8, 4) is 0 Å². The second kappa shape index (κ2) is 23.1. The molecule has 60 heavy (non-hydrogen) atoms. The molecule has 4 heterocycles. The van der Waals surface area contributed by atoms with Gasteiger partial charge in [0.2, 0.25) is 17.7 Å². The van der Waals surface area contributed by atoms with Gasteiger partial charge in [-0.15, -0.1) is 37.2 Å². The van der Waals surface area contributed by atoms with E-state index in [9.17, 15) is 24.3 Å². The van der Waals surface area contributed by atoms with E-state index in [1.54, 1.807) is 11.2 Å². The number of imide groups is 1. The number of anilines is 1. The number of aliphatic hydroxyl groups is 1. The predicted molar refractivity (Wildman–Crippen MR) is 241 cm³/mol. The van der Waals surface area contributed by atoms with Crippen LogP contribution in [0, 0.1) is 0 Å². The largest absolute Gasteiger partial charge is 0.387 e. The third-order valence-electron chi connectivity index (χ3n) is 12.3. The molecule has 2 aromatic carbocycles. The number of carbonyl (C=O) groups is 4. The lowest BCUT2D eigenvalue weighted by atomic mass is 9.96. The molecule has 2 saturated heterocycles. The van der Waals surface area contributed by atoms with Gasteiger partial charge in [0.25, 0.3) is 5.91 Å². The lowest BCUT2D eigenvalue weighted by Crippen LogP contribution is -2.52. The maximum absolute atomic E-state index is 14.0. The fourth-order valence-corrected chi connectivity index (χ4v) is 9.24. The van der Waals surface area contributed by atoms with Crippen LogP contribution >= 0.6 is 48.8 Å². The summed E-state index contributed by atoms with van der Waals surface area (Å²) in [5.41, 5.74) is 5.65. The van der Waals surface area contributed by atoms with Crippen LogP contribution in [0.3, 0.4) is 0 Å². The Kier molecular flexibility index (Phi) is 18.9. The fourth-order valence-electron chi connectivity index (χ4n) is 9.11. The van der Waals surface area contributed by atoms with Gasteiger partial charge >= 0.3 is 0 Å². The van der Waals surface area contributed by atoms with Gasteiger partial charge in [0.05, 0.1) is 17.7 Å². The number of aromatic nitrogens is 2. The van der Waals surface area contributed by atoms with Crippen molar-refractivity contribution in [1.29, 1.82) is 0 Å². The van der Waals surface area contributed by atoms with Gasteiger partial charge in [-0.3, -0.25) is 24.5 Å². The molecule has 3 aromatic rings. The van der Waals surface area contributed by atoms with Gasteiger partial charge in [0.15, 0.2) is 0 Å². The van der Waals surface area contributed by atoms with Crippen LogP contribution in [0.2, 0.25) is 5.02 Å². The molecule has 0 radical (unpaired) electrons. The third-order valence-corrected chi connectivity index (χ3v) is 12.6. The number of aryl methyl sites for hydroxylation is 1. The first-order valence-corrected chi connectivity index (χ1v) is 21.4. The summed E-state index contributed by atoms with van der Waals surface area (Å²) in [6, 6.07) is 12.9. The minimum atomic E-state index is -0.584. The molecule has 328 valence electrons. The molecule has 1 unspecified atom stereocenters. The van der Waals surface area contributed by atoms with Crippen LogP contribution in [0.1, 0.15) is 134 Å². The first kappa shape index (κ1) is 49.1. The summed E-state index contributed by atoms with van der Waals surface area (Å²) >= 11 is 6.21. The van der Waals surface area contributed by atoms with Gasteiger partial charge in [-0.1, -0.05) is 81.3 Å². The Morgan fingerprint density at radius 2 is 1.60 bits per heavy atom. The minimum Gasteiger partial charge on any atom is -0.387 e. The van der Waals surface area contributed by atoms with Crippen LogP contribution < -0.4 is 15.5 Å². The number of hydrogen-bond donors (Lipinski definition) is 3. The molecule has 1 aliphatic carbocycles. The van der Waals surface area contributed by atoms with Gasteiger partial charge in [-0.05, 0) is 79.5 Å². The van der Waals surface area contributed by atoms with Gasteiger partial charge in [-0.25, -0.2) is 9.97 Å². The van der Waals surface area contributed by atoms with Gasteiger partial charge in [0.1, 0.15) is 18.2 Å². The number of fused-ring (bicyclic) bond motifs is 2. The molecule has 4 aliphatic rings. The molecule has 2 fully saturated rings. The average Bonchev–Trinajstić information content (AvgIpc) is 3.71. The number of benzene rings is 2. The summed E-state index contributed by atoms with van der Waals surface area (Å²) in [5.74, 6) is 0.156. The molecular formula is C44H59Cl4N7O5. The van der Waals surface area contributed by atoms with Crippen molar-refractivity contribution in [2.45, 2.75) is 114 Å². The van der Waals surface area contributed by atoms with E-state index in [1.807, 2.05) is 41.3 Å². The Balaban J connectivity index is 0.00000265. The van der Waals surface area contributed by atoms with Crippen molar-refractivity contribution in [3.05, 3.63) is 87.3 Å². The number of rotatable bonds is 17. The number of aliphatic hydroxyl groups excluding tert-OH is 1. The van der Waals surface area contributed by atoms with E-state index in [4.69, 9.17) is 11.6 Å². The van der Waals surface area contributed by atoms with Gasteiger partial charge in [0, 0.05) is 61.8 Å². The molecule has 0 bridgehead atoms. The fraction of sp³-hybridized carbons (Fsp3) is 0.545. The third kappa shape index (κ3) is 11.5. The summed E-state index contributed by atoms with van der Waals surface area (Å²) in [6.07, 6.45) is 12.4. The first-order valence-electron chi connectivity index (χ1n) is 21.0. The Labute approximate surface area is 377 Å². The predicted octanol–water partition coefficient (Wildman–Crippen LogP) is 7.08. The van der Waals surface area contributed by atoms with Crippen LogP contribution in [0.4, 0.5) is 5.82 Å². The molecule has 4 amide bonds. The van der Waals surface area contributed by atoms with Crippen molar-refractivity contribution >= 4 is 78.3 Å². The maximum Gasteiger partial charge on any atom is 0.255 e. The quantitative estimate of drug-likeness (QED) is 0.0955. The lowest BCUT2D eigenvalue weighted by molar-refractivity contribution is -0.137. The summed E-state index contributed by atoms with van der Waals surface area (Å²) in [4.78, 5) is 66.0. The molecule has 1 aromatic heterocycles. The number of nitrogens with one attached hydrogen (secondary N) is 2. The maximum atomic E-state index is 14.0. The Morgan fingerprint density at radius 3 is 2.30 bits per heavy atom. The minimum absolute atomic E-state index is 0. The number of amides is 4. The van der Waals surface area contributed by atoms with E-state index >= 15 is 0 Å². The van der Waals surface area contributed by atoms with E-state index in [1.165, 1.54) is 31.2 Å². The number of nitrogens with zero attached hydrogens (tertiary/aromatic N) is 5. The number of piperidine rings is 1. The highest BCUT2D eigenvalue weighted by Crippen LogP contribution is 2.43. The Morgan fingerprint density at radius 1 is 0.917 bits per heavy atom. The van der Waals surface area contributed by atoms with E-state index in [0.29, 0.717) is 62.7 Å². The van der Waals surface area contributed by atoms with Crippen LogP contribution in [0.25, 0.3) is 0 Å². The normalized spacial score (nSPS) is 20.1. The molecule has 7 rings (SSSR count). The smallest absolute Gasteiger partial charge is 0.255 e. The van der Waals surface area contributed by atoms with Crippen LogP contribution in [-0.2, 0) is 27.3 Å². The van der Waals surface area contributed by atoms with E-state index in [-0.39, 0.29) is 79.1 Å². The monoisotopic (exact) mass is 905 g/mol. The summed E-state index contributed by atoms with van der Waals surface area (Å²) in [6.45, 7) is 6.56. The lowest BCUT2D eigenvalue weighted by Gasteiger charge is -2.38. The molecule has 3 aliphatic heterocycles. The zero-order valence-corrected chi connectivity index (χ0v) is 37.5. The molecule has 0 saturated carbocycles. The highest BCUT2D eigenvalue weighted by Gasteiger charge is 2.40. The molecule has 12 nitrogen and oxygen atoms in total. The second-order valence-electron chi connectivity index (χ2n) is 16.2. The van der Waals surface area contributed by atoms with Crippen molar-refractivity contribution < 1.29 is 24.3 Å². The summed E-state index contributed by atoms with van der Waals surface area (Å²) in [7, 11) is 0. The van der Waals surface area contributed by atoms with Crippen molar-refractivity contribution in [2.24, 2.45) is 0 Å². The highest BCUT2D eigenvalue weighted by atomic mass is 35.5.